The predicted octanol–water partition coefficient (Wildman–Crippen LogP) is 3.69. The van der Waals surface area contributed by atoms with Crippen molar-refractivity contribution in [1.82, 2.24) is 14.8 Å². The van der Waals surface area contributed by atoms with E-state index in [-0.39, 0.29) is 18.4 Å². The number of benzene rings is 2. The first-order chi connectivity index (χ1) is 13.5. The van der Waals surface area contributed by atoms with Gasteiger partial charge in [-0.25, -0.2) is 9.18 Å². The van der Waals surface area contributed by atoms with Gasteiger partial charge in [0.15, 0.2) is 5.60 Å². The van der Waals surface area contributed by atoms with E-state index < -0.39 is 5.60 Å². The number of amides is 2. The molecule has 142 valence electrons. The zero-order chi connectivity index (χ0) is 19.3. The van der Waals surface area contributed by atoms with Gasteiger partial charge in [0, 0.05) is 36.3 Å². The third kappa shape index (κ3) is 2.72. The predicted molar refractivity (Wildman–Crippen MR) is 106 cm³/mol. The summed E-state index contributed by atoms with van der Waals surface area (Å²) in [5.41, 5.74) is 1.89. The Labute approximate surface area is 162 Å². The molecular formula is C22H20FN3O2. The van der Waals surface area contributed by atoms with Gasteiger partial charge in [-0.15, -0.1) is 0 Å². The van der Waals surface area contributed by atoms with Gasteiger partial charge in [-0.1, -0.05) is 24.3 Å². The Kier molecular flexibility index (Phi) is 3.69. The zero-order valence-electron chi connectivity index (χ0n) is 15.5. The molecule has 2 aliphatic heterocycles. The summed E-state index contributed by atoms with van der Waals surface area (Å²) in [5.74, 6) is 0.521. The fraction of sp³-hybridized carbons (Fsp3) is 0.227. The topological polar surface area (TPSA) is 46.5 Å². The first kappa shape index (κ1) is 16.9. The number of likely N-dealkylation sites (tertiary alicyclic amines) is 1. The Morgan fingerprint density at radius 3 is 2.93 bits per heavy atom. The highest BCUT2D eigenvalue weighted by Crippen LogP contribution is 2.36. The van der Waals surface area contributed by atoms with Crippen molar-refractivity contribution in [2.45, 2.75) is 12.1 Å². The Morgan fingerprint density at radius 1 is 1.25 bits per heavy atom. The van der Waals surface area contributed by atoms with Crippen LogP contribution in [0.2, 0.25) is 0 Å². The number of nitrogens with zero attached hydrogens (tertiary/aromatic N) is 2. The highest BCUT2D eigenvalue weighted by molar-refractivity contribution is 5.81. The minimum absolute atomic E-state index is 0.151. The van der Waals surface area contributed by atoms with E-state index in [1.165, 1.54) is 6.07 Å². The fourth-order valence-corrected chi connectivity index (χ4v) is 3.88. The average Bonchev–Trinajstić information content (AvgIpc) is 3.03. The summed E-state index contributed by atoms with van der Waals surface area (Å²) in [7, 11) is 1.88. The molecule has 0 atom stereocenters. The van der Waals surface area contributed by atoms with Crippen molar-refractivity contribution in [2.75, 3.05) is 13.1 Å². The largest absolute Gasteiger partial charge is 0.479 e. The summed E-state index contributed by atoms with van der Waals surface area (Å²) >= 11 is 0. The SMILES string of the molecule is Cn1ccc2cc(CNC(=O)N3CC4(C=Cc5ccccc5O4)C3)c(F)cc21. The molecule has 3 aromatic rings. The molecule has 1 fully saturated rings. The van der Waals surface area contributed by atoms with Gasteiger partial charge in [-0.3, -0.25) is 0 Å². The van der Waals surface area contributed by atoms with E-state index in [0.717, 1.165) is 22.2 Å². The van der Waals surface area contributed by atoms with Crippen LogP contribution in [0, 0.1) is 5.82 Å². The summed E-state index contributed by atoms with van der Waals surface area (Å²) in [6.07, 6.45) is 5.95. The quantitative estimate of drug-likeness (QED) is 0.740. The van der Waals surface area contributed by atoms with Gasteiger partial charge >= 0.3 is 6.03 Å². The summed E-state index contributed by atoms with van der Waals surface area (Å²) in [4.78, 5) is 14.1. The number of rotatable bonds is 2. The van der Waals surface area contributed by atoms with E-state index >= 15 is 0 Å². The highest BCUT2D eigenvalue weighted by atomic mass is 19.1. The normalized spacial score (nSPS) is 16.6. The van der Waals surface area contributed by atoms with E-state index in [1.807, 2.05) is 60.3 Å². The Hall–Kier alpha value is -3.28. The van der Waals surface area contributed by atoms with Crippen LogP contribution < -0.4 is 10.1 Å². The first-order valence-electron chi connectivity index (χ1n) is 9.27. The molecule has 6 heteroatoms. The molecule has 2 aliphatic rings. The summed E-state index contributed by atoms with van der Waals surface area (Å²) in [6.45, 7) is 1.10. The van der Waals surface area contributed by atoms with Crippen molar-refractivity contribution in [3.63, 3.8) is 0 Å². The van der Waals surface area contributed by atoms with E-state index in [4.69, 9.17) is 4.74 Å². The monoisotopic (exact) mass is 377 g/mol. The van der Waals surface area contributed by atoms with Crippen LogP contribution in [0.25, 0.3) is 17.0 Å². The molecule has 3 heterocycles. The molecule has 0 aliphatic carbocycles. The van der Waals surface area contributed by atoms with Crippen LogP contribution >= 0.6 is 0 Å². The lowest BCUT2D eigenvalue weighted by molar-refractivity contribution is -0.0181. The van der Waals surface area contributed by atoms with Gasteiger partial charge < -0.3 is 19.5 Å². The summed E-state index contributed by atoms with van der Waals surface area (Å²) in [5, 5.41) is 3.77. The lowest BCUT2D eigenvalue weighted by Crippen LogP contribution is -2.67. The minimum Gasteiger partial charge on any atom is -0.479 e. The first-order valence-corrected chi connectivity index (χ1v) is 9.27. The van der Waals surface area contributed by atoms with E-state index in [2.05, 4.69) is 5.32 Å². The van der Waals surface area contributed by atoms with Crippen molar-refractivity contribution >= 4 is 23.0 Å². The maximum absolute atomic E-state index is 14.3. The number of urea groups is 1. The zero-order valence-corrected chi connectivity index (χ0v) is 15.5. The van der Waals surface area contributed by atoms with Crippen LogP contribution in [0.5, 0.6) is 5.75 Å². The van der Waals surface area contributed by atoms with E-state index in [9.17, 15) is 9.18 Å². The second-order valence-corrected chi connectivity index (χ2v) is 7.48. The molecule has 0 saturated carbocycles. The molecule has 5 nitrogen and oxygen atoms in total. The summed E-state index contributed by atoms with van der Waals surface area (Å²) in [6, 6.07) is 12.9. The van der Waals surface area contributed by atoms with E-state index in [1.54, 1.807) is 11.0 Å². The molecule has 0 radical (unpaired) electrons. The van der Waals surface area contributed by atoms with Crippen molar-refractivity contribution in [3.05, 3.63) is 71.7 Å². The van der Waals surface area contributed by atoms with Gasteiger partial charge in [0.05, 0.1) is 18.6 Å². The molecule has 1 spiro atoms. The highest BCUT2D eigenvalue weighted by Gasteiger charge is 2.47. The molecule has 2 amide bonds. The second kappa shape index (κ2) is 6.12. The van der Waals surface area contributed by atoms with Gasteiger partial charge in [0.1, 0.15) is 11.6 Å². The molecule has 28 heavy (non-hydrogen) atoms. The molecule has 5 rings (SSSR count). The van der Waals surface area contributed by atoms with Crippen LogP contribution in [0.4, 0.5) is 9.18 Å². The fourth-order valence-electron chi connectivity index (χ4n) is 3.88. The number of hydrogen-bond donors (Lipinski definition) is 1. The van der Waals surface area contributed by atoms with Gasteiger partial charge in [-0.2, -0.15) is 0 Å². The van der Waals surface area contributed by atoms with Crippen LogP contribution in [0.3, 0.4) is 0 Å². The number of ether oxygens (including phenoxy) is 1. The number of halogens is 1. The van der Waals surface area contributed by atoms with Crippen LogP contribution in [0.15, 0.2) is 54.7 Å². The third-order valence-electron chi connectivity index (χ3n) is 5.49. The van der Waals surface area contributed by atoms with Crippen molar-refractivity contribution in [3.8, 4) is 5.75 Å². The van der Waals surface area contributed by atoms with Crippen LogP contribution in [0.1, 0.15) is 11.1 Å². The van der Waals surface area contributed by atoms with Gasteiger partial charge in [0.2, 0.25) is 0 Å². The van der Waals surface area contributed by atoms with Gasteiger partial charge in [-0.05, 0) is 30.3 Å². The molecule has 1 saturated heterocycles. The van der Waals surface area contributed by atoms with Crippen molar-refractivity contribution in [2.24, 2.45) is 7.05 Å². The minimum atomic E-state index is -0.458. The molecule has 1 aromatic heterocycles. The molecular weight excluding hydrogens is 357 g/mol. The number of para-hydroxylation sites is 1. The maximum atomic E-state index is 14.3. The van der Waals surface area contributed by atoms with E-state index in [0.29, 0.717) is 18.7 Å². The molecule has 1 N–H and O–H groups in total. The number of carbonyl (C=O) groups excluding carboxylic acids is 1. The Bertz CT molecular complexity index is 1110. The number of hydrogen-bond acceptors (Lipinski definition) is 2. The molecule has 2 aromatic carbocycles. The summed E-state index contributed by atoms with van der Waals surface area (Å²) < 4.78 is 22.3. The average molecular weight is 377 g/mol. The number of aryl methyl sites for hydroxylation is 1. The molecule has 0 unspecified atom stereocenters. The van der Waals surface area contributed by atoms with Crippen molar-refractivity contribution in [1.29, 1.82) is 0 Å². The van der Waals surface area contributed by atoms with Crippen molar-refractivity contribution < 1.29 is 13.9 Å². The standard InChI is InChI=1S/C22H20FN3O2/c1-25-9-7-16-10-17(18(23)11-19(16)25)12-24-21(27)26-13-22(14-26)8-6-15-4-2-3-5-20(15)28-22/h2-11H,12-14H2,1H3,(H,24,27). The maximum Gasteiger partial charge on any atom is 0.317 e. The lowest BCUT2D eigenvalue weighted by Gasteiger charge is -2.49. The number of carbonyl (C=O) groups is 1. The van der Waals surface area contributed by atoms with Gasteiger partial charge in [0.25, 0.3) is 0 Å². The Morgan fingerprint density at radius 2 is 2.07 bits per heavy atom. The number of nitrogens with one attached hydrogen (secondary N) is 1. The van der Waals surface area contributed by atoms with Crippen LogP contribution in [-0.4, -0.2) is 34.2 Å². The third-order valence-corrected chi connectivity index (χ3v) is 5.49. The smallest absolute Gasteiger partial charge is 0.317 e. The lowest BCUT2D eigenvalue weighted by atomic mass is 9.90. The number of aromatic nitrogens is 1. The number of fused-ring (bicyclic) bond motifs is 2. The molecule has 0 bridgehead atoms. The second-order valence-electron chi connectivity index (χ2n) is 7.48. The Balaban J connectivity index is 1.22. The van der Waals surface area contributed by atoms with Crippen LogP contribution in [-0.2, 0) is 13.6 Å².